The molecule has 1 saturated heterocycles. The summed E-state index contributed by atoms with van der Waals surface area (Å²) >= 11 is 0. The first kappa shape index (κ1) is 12.6. The lowest BCUT2D eigenvalue weighted by molar-refractivity contribution is 0.0828. The molecule has 92 valence electrons. The van der Waals surface area contributed by atoms with E-state index in [1.165, 1.54) is 7.11 Å². The molecule has 6 heteroatoms. The molecule has 0 aromatic rings. The third-order valence-corrected chi connectivity index (χ3v) is 2.29. The Morgan fingerprint density at radius 1 is 1.44 bits per heavy atom. The molecule has 1 fully saturated rings. The van der Waals surface area contributed by atoms with E-state index >= 15 is 0 Å². The number of likely N-dealkylation sites (tertiary alicyclic amines) is 1. The monoisotopic (exact) mass is 230 g/mol. The van der Waals surface area contributed by atoms with Crippen LogP contribution in [0.4, 0.5) is 9.59 Å². The third-order valence-electron chi connectivity index (χ3n) is 2.29. The fraction of sp³-hybridized carbons (Fsp3) is 0.800. The Kier molecular flexibility index (Phi) is 4.39. The highest BCUT2D eigenvalue weighted by molar-refractivity contribution is 5.69. The van der Waals surface area contributed by atoms with Gasteiger partial charge in [-0.2, -0.15) is 0 Å². The average molecular weight is 230 g/mol. The molecular weight excluding hydrogens is 212 g/mol. The van der Waals surface area contributed by atoms with E-state index in [9.17, 15) is 9.59 Å². The summed E-state index contributed by atoms with van der Waals surface area (Å²) < 4.78 is 9.54. The van der Waals surface area contributed by atoms with Crippen LogP contribution in [0.25, 0.3) is 0 Å². The molecule has 0 aromatic carbocycles. The number of alkyl carbamates (subject to hydrolysis) is 1. The quantitative estimate of drug-likeness (QED) is 0.767. The molecule has 1 N–H and O–H groups in total. The lowest BCUT2D eigenvalue weighted by atomic mass is 10.3. The van der Waals surface area contributed by atoms with Gasteiger partial charge in [-0.25, -0.2) is 9.59 Å². The zero-order valence-corrected chi connectivity index (χ0v) is 9.86. The predicted molar refractivity (Wildman–Crippen MR) is 57.1 cm³/mol. The molecule has 1 rings (SSSR count). The fourth-order valence-electron chi connectivity index (χ4n) is 1.55. The molecule has 0 aliphatic carbocycles. The van der Waals surface area contributed by atoms with Gasteiger partial charge in [0.05, 0.1) is 19.3 Å². The van der Waals surface area contributed by atoms with Crippen molar-refractivity contribution in [1.82, 2.24) is 10.2 Å². The molecule has 1 heterocycles. The average Bonchev–Trinajstić information content (AvgIpc) is 2.65. The Morgan fingerprint density at radius 3 is 2.69 bits per heavy atom. The second kappa shape index (κ2) is 5.58. The maximum absolute atomic E-state index is 11.5. The van der Waals surface area contributed by atoms with Crippen LogP contribution in [0, 0.1) is 0 Å². The van der Waals surface area contributed by atoms with Gasteiger partial charge in [0.2, 0.25) is 0 Å². The van der Waals surface area contributed by atoms with E-state index in [1.54, 1.807) is 18.7 Å². The van der Waals surface area contributed by atoms with E-state index in [-0.39, 0.29) is 18.2 Å². The normalized spacial score (nSPS) is 19.8. The Labute approximate surface area is 94.9 Å². The summed E-state index contributed by atoms with van der Waals surface area (Å²) in [7, 11) is 1.31. The van der Waals surface area contributed by atoms with E-state index in [0.29, 0.717) is 13.1 Å². The number of hydrogen-bond acceptors (Lipinski definition) is 4. The molecule has 1 unspecified atom stereocenters. The predicted octanol–water partition coefficient (Wildman–Crippen LogP) is 0.962. The highest BCUT2D eigenvalue weighted by Crippen LogP contribution is 2.11. The molecule has 16 heavy (non-hydrogen) atoms. The Bertz CT molecular complexity index is 268. The zero-order chi connectivity index (χ0) is 12.1. The minimum Gasteiger partial charge on any atom is -0.453 e. The summed E-state index contributed by atoms with van der Waals surface area (Å²) in [4.78, 5) is 24.1. The first-order valence-electron chi connectivity index (χ1n) is 5.33. The summed E-state index contributed by atoms with van der Waals surface area (Å²) in [5.74, 6) is 0. The molecule has 2 amide bonds. The van der Waals surface area contributed by atoms with Crippen molar-refractivity contribution in [2.75, 3.05) is 20.2 Å². The molecule has 0 aromatic heterocycles. The van der Waals surface area contributed by atoms with Crippen LogP contribution in [0.2, 0.25) is 0 Å². The second-order valence-corrected chi connectivity index (χ2v) is 4.00. The lowest BCUT2D eigenvalue weighted by Crippen LogP contribution is -2.38. The van der Waals surface area contributed by atoms with E-state index in [1.807, 2.05) is 0 Å². The summed E-state index contributed by atoms with van der Waals surface area (Å²) in [5.41, 5.74) is 0. The van der Waals surface area contributed by atoms with Crippen molar-refractivity contribution in [3.05, 3.63) is 0 Å². The van der Waals surface area contributed by atoms with Crippen LogP contribution in [-0.2, 0) is 9.47 Å². The first-order valence-corrected chi connectivity index (χ1v) is 5.33. The molecule has 1 atom stereocenters. The van der Waals surface area contributed by atoms with Crippen molar-refractivity contribution in [3.8, 4) is 0 Å². The van der Waals surface area contributed by atoms with Crippen LogP contribution in [0.5, 0.6) is 0 Å². The molecule has 0 saturated carbocycles. The number of carbonyl (C=O) groups excluding carboxylic acids is 2. The van der Waals surface area contributed by atoms with Gasteiger partial charge in [0.15, 0.2) is 0 Å². The molecule has 6 nitrogen and oxygen atoms in total. The van der Waals surface area contributed by atoms with Crippen LogP contribution in [0.3, 0.4) is 0 Å². The standard InChI is InChI=1S/C10H18N2O4/c1-7(2)16-10(14)12-5-4-8(6-12)11-9(13)15-3/h7-8H,4-6H2,1-3H3,(H,11,13). The van der Waals surface area contributed by atoms with Gasteiger partial charge in [-0.05, 0) is 20.3 Å². The van der Waals surface area contributed by atoms with Crippen molar-refractivity contribution in [2.24, 2.45) is 0 Å². The van der Waals surface area contributed by atoms with Gasteiger partial charge in [-0.15, -0.1) is 0 Å². The van der Waals surface area contributed by atoms with E-state index in [4.69, 9.17) is 4.74 Å². The molecule has 1 aliphatic heterocycles. The lowest BCUT2D eigenvalue weighted by Gasteiger charge is -2.18. The molecule has 0 spiro atoms. The Hall–Kier alpha value is -1.46. The van der Waals surface area contributed by atoms with Crippen molar-refractivity contribution in [3.63, 3.8) is 0 Å². The number of methoxy groups -OCH3 is 1. The summed E-state index contributed by atoms with van der Waals surface area (Å²) in [6, 6.07) is -0.0489. The topological polar surface area (TPSA) is 67.9 Å². The van der Waals surface area contributed by atoms with Gasteiger partial charge >= 0.3 is 12.2 Å². The van der Waals surface area contributed by atoms with E-state index in [0.717, 1.165) is 6.42 Å². The second-order valence-electron chi connectivity index (χ2n) is 4.00. The van der Waals surface area contributed by atoms with Crippen LogP contribution < -0.4 is 5.32 Å². The molecular formula is C10H18N2O4. The SMILES string of the molecule is COC(=O)NC1CCN(C(=O)OC(C)C)C1. The smallest absolute Gasteiger partial charge is 0.410 e. The minimum atomic E-state index is -0.468. The largest absolute Gasteiger partial charge is 0.453 e. The Balaban J connectivity index is 2.34. The molecule has 0 bridgehead atoms. The van der Waals surface area contributed by atoms with Crippen LogP contribution in [0.15, 0.2) is 0 Å². The maximum Gasteiger partial charge on any atom is 0.410 e. The number of amides is 2. The van der Waals surface area contributed by atoms with E-state index < -0.39 is 6.09 Å². The van der Waals surface area contributed by atoms with Gasteiger partial charge < -0.3 is 19.7 Å². The van der Waals surface area contributed by atoms with Gasteiger partial charge in [0.25, 0.3) is 0 Å². The maximum atomic E-state index is 11.5. The number of nitrogens with zero attached hydrogens (tertiary/aromatic N) is 1. The van der Waals surface area contributed by atoms with Crippen LogP contribution in [0.1, 0.15) is 20.3 Å². The van der Waals surface area contributed by atoms with E-state index in [2.05, 4.69) is 10.1 Å². The highest BCUT2D eigenvalue weighted by atomic mass is 16.6. The van der Waals surface area contributed by atoms with Gasteiger partial charge in [0.1, 0.15) is 0 Å². The highest BCUT2D eigenvalue weighted by Gasteiger charge is 2.28. The number of ether oxygens (including phenoxy) is 2. The molecule has 1 aliphatic rings. The van der Waals surface area contributed by atoms with Crippen molar-refractivity contribution in [2.45, 2.75) is 32.4 Å². The summed E-state index contributed by atoms with van der Waals surface area (Å²) in [6.45, 7) is 4.68. The van der Waals surface area contributed by atoms with Gasteiger partial charge in [-0.1, -0.05) is 0 Å². The number of carbonyl (C=O) groups is 2. The third kappa shape index (κ3) is 3.60. The number of hydrogen-bond donors (Lipinski definition) is 1. The fourth-order valence-corrected chi connectivity index (χ4v) is 1.55. The van der Waals surface area contributed by atoms with Gasteiger partial charge in [0, 0.05) is 13.1 Å². The first-order chi connectivity index (χ1) is 7.52. The number of nitrogens with one attached hydrogen (secondary N) is 1. The van der Waals surface area contributed by atoms with Gasteiger partial charge in [-0.3, -0.25) is 0 Å². The van der Waals surface area contributed by atoms with Crippen molar-refractivity contribution in [1.29, 1.82) is 0 Å². The van der Waals surface area contributed by atoms with Crippen molar-refractivity contribution >= 4 is 12.2 Å². The zero-order valence-electron chi connectivity index (χ0n) is 9.86. The van der Waals surface area contributed by atoms with Crippen LogP contribution >= 0.6 is 0 Å². The summed E-state index contributed by atoms with van der Waals surface area (Å²) in [6.07, 6.45) is -0.198. The summed E-state index contributed by atoms with van der Waals surface area (Å²) in [5, 5.41) is 2.66. The minimum absolute atomic E-state index is 0.0489. The molecule has 0 radical (unpaired) electrons. The van der Waals surface area contributed by atoms with Crippen LogP contribution in [-0.4, -0.2) is 49.4 Å². The van der Waals surface area contributed by atoms with Crippen molar-refractivity contribution < 1.29 is 19.1 Å². The Morgan fingerprint density at radius 2 is 2.12 bits per heavy atom. The number of rotatable bonds is 2.